The van der Waals surface area contributed by atoms with Gasteiger partial charge >= 0.3 is 0 Å². The van der Waals surface area contributed by atoms with Crippen molar-refractivity contribution in [2.75, 3.05) is 10.6 Å². The second-order valence-electron chi connectivity index (χ2n) is 6.91. The van der Waals surface area contributed by atoms with Gasteiger partial charge in [0, 0.05) is 35.2 Å². The molecule has 0 unspecified atom stereocenters. The molecule has 2 aromatic carbocycles. The number of carbonyl (C=O) groups excluding carboxylic acids is 1. The Balaban J connectivity index is 1.29. The lowest BCUT2D eigenvalue weighted by molar-refractivity contribution is 0.0998. The zero-order valence-electron chi connectivity index (χ0n) is 16.6. The first-order valence-electron chi connectivity index (χ1n) is 9.67. The molecule has 2 N–H and O–H groups in total. The van der Waals surface area contributed by atoms with Crippen LogP contribution >= 0.6 is 0 Å². The Bertz CT molecular complexity index is 1320. The normalized spacial score (nSPS) is 10.9. The number of aromatic nitrogens is 4. The van der Waals surface area contributed by atoms with E-state index in [4.69, 9.17) is 4.42 Å². The molecule has 3 heterocycles. The summed E-state index contributed by atoms with van der Waals surface area (Å²) in [5.74, 6) is 1.93. The van der Waals surface area contributed by atoms with Crippen LogP contribution in [-0.4, -0.2) is 25.7 Å². The summed E-state index contributed by atoms with van der Waals surface area (Å²) in [7, 11) is 0. The van der Waals surface area contributed by atoms with Gasteiger partial charge in [-0.05, 0) is 49.4 Å². The number of amides is 1. The zero-order chi connectivity index (χ0) is 21.2. The van der Waals surface area contributed by atoms with E-state index < -0.39 is 0 Å². The third-order valence-electron chi connectivity index (χ3n) is 4.63. The fourth-order valence-corrected chi connectivity index (χ4v) is 3.21. The number of hydrogen-bond donors (Lipinski definition) is 2. The molecule has 0 saturated heterocycles. The third-order valence-corrected chi connectivity index (χ3v) is 4.63. The molecular formula is C23H18N6O2. The Morgan fingerprint density at radius 2 is 1.77 bits per heavy atom. The molecule has 1 amide bonds. The fourth-order valence-electron chi connectivity index (χ4n) is 3.21. The molecule has 8 nitrogen and oxygen atoms in total. The summed E-state index contributed by atoms with van der Waals surface area (Å²) in [4.78, 5) is 21.3. The first-order chi connectivity index (χ1) is 15.1. The number of anilines is 3. The van der Waals surface area contributed by atoms with Gasteiger partial charge < -0.3 is 15.1 Å². The fraction of sp³-hybridized carbons (Fsp3) is 0.0435. The van der Waals surface area contributed by atoms with Crippen LogP contribution in [0.2, 0.25) is 0 Å². The van der Waals surface area contributed by atoms with Crippen molar-refractivity contribution in [2.24, 2.45) is 0 Å². The van der Waals surface area contributed by atoms with Crippen LogP contribution in [0, 0.1) is 6.92 Å². The van der Waals surface area contributed by atoms with Gasteiger partial charge in [0.1, 0.15) is 17.2 Å². The molecule has 5 aromatic rings. The minimum absolute atomic E-state index is 0.269. The highest BCUT2D eigenvalue weighted by Gasteiger charge is 2.12. The van der Waals surface area contributed by atoms with Crippen LogP contribution < -0.4 is 10.6 Å². The van der Waals surface area contributed by atoms with Crippen LogP contribution in [0.4, 0.5) is 17.2 Å². The second kappa shape index (κ2) is 7.75. The maximum Gasteiger partial charge on any atom is 0.291 e. The van der Waals surface area contributed by atoms with Gasteiger partial charge in [-0.15, -0.1) is 0 Å². The highest BCUT2D eigenvalue weighted by Crippen LogP contribution is 2.22. The summed E-state index contributed by atoms with van der Waals surface area (Å²) in [5, 5.41) is 11.2. The van der Waals surface area contributed by atoms with Crippen molar-refractivity contribution in [3.8, 4) is 5.82 Å². The predicted molar refractivity (Wildman–Crippen MR) is 118 cm³/mol. The van der Waals surface area contributed by atoms with Crippen molar-refractivity contribution in [3.63, 3.8) is 0 Å². The van der Waals surface area contributed by atoms with E-state index in [-0.39, 0.29) is 11.7 Å². The molecular weight excluding hydrogens is 392 g/mol. The van der Waals surface area contributed by atoms with Gasteiger partial charge in [0.05, 0.1) is 0 Å². The van der Waals surface area contributed by atoms with E-state index in [0.29, 0.717) is 28.7 Å². The SMILES string of the molecule is Cc1nc(Nc2ccc(NC(=O)c3cc4ccccc4o3)cc2)cc(-n2cccn2)n1. The Morgan fingerprint density at radius 3 is 2.55 bits per heavy atom. The summed E-state index contributed by atoms with van der Waals surface area (Å²) >= 11 is 0. The number of hydrogen-bond acceptors (Lipinski definition) is 6. The number of furan rings is 1. The van der Waals surface area contributed by atoms with Crippen molar-refractivity contribution in [1.29, 1.82) is 0 Å². The monoisotopic (exact) mass is 410 g/mol. The summed E-state index contributed by atoms with van der Waals surface area (Å²) in [6.45, 7) is 1.83. The molecule has 31 heavy (non-hydrogen) atoms. The van der Waals surface area contributed by atoms with E-state index in [2.05, 4.69) is 25.7 Å². The number of rotatable bonds is 5. The molecule has 0 spiro atoms. The summed E-state index contributed by atoms with van der Waals surface area (Å²) < 4.78 is 7.29. The summed E-state index contributed by atoms with van der Waals surface area (Å²) in [5.41, 5.74) is 2.17. The number of aryl methyl sites for hydroxylation is 1. The highest BCUT2D eigenvalue weighted by atomic mass is 16.3. The molecule has 0 fully saturated rings. The van der Waals surface area contributed by atoms with Gasteiger partial charge in [0.15, 0.2) is 11.6 Å². The molecule has 0 aliphatic carbocycles. The average Bonchev–Trinajstić information content (AvgIpc) is 3.45. The standard InChI is InChI=1S/C23H18N6O2/c1-15-25-21(14-22(26-15)29-12-4-11-24-29)27-17-7-9-18(10-8-17)28-23(30)20-13-16-5-2-3-6-19(16)31-20/h2-14H,1H3,(H,28,30)(H,25,26,27). The van der Waals surface area contributed by atoms with Crippen LogP contribution in [0.15, 0.2) is 83.5 Å². The number of benzene rings is 2. The lowest BCUT2D eigenvalue weighted by Crippen LogP contribution is -2.10. The van der Waals surface area contributed by atoms with E-state index >= 15 is 0 Å². The molecule has 3 aromatic heterocycles. The Labute approximate surface area is 177 Å². The van der Waals surface area contributed by atoms with Gasteiger partial charge in [0.25, 0.3) is 5.91 Å². The third kappa shape index (κ3) is 3.99. The number of carbonyl (C=O) groups is 1. The Hall–Kier alpha value is -4.46. The summed E-state index contributed by atoms with van der Waals surface area (Å²) in [6, 6.07) is 20.2. The smallest absolute Gasteiger partial charge is 0.291 e. The second-order valence-corrected chi connectivity index (χ2v) is 6.91. The van der Waals surface area contributed by atoms with Crippen molar-refractivity contribution in [1.82, 2.24) is 19.7 Å². The van der Waals surface area contributed by atoms with Crippen molar-refractivity contribution >= 4 is 34.1 Å². The first kappa shape index (κ1) is 18.6. The van der Waals surface area contributed by atoms with Gasteiger partial charge in [0.2, 0.25) is 0 Å². The van der Waals surface area contributed by atoms with E-state index in [1.54, 1.807) is 16.9 Å². The summed E-state index contributed by atoms with van der Waals surface area (Å²) in [6.07, 6.45) is 3.52. The molecule has 0 saturated carbocycles. The van der Waals surface area contributed by atoms with Gasteiger partial charge in [-0.1, -0.05) is 18.2 Å². The van der Waals surface area contributed by atoms with Gasteiger partial charge in [-0.3, -0.25) is 4.79 Å². The largest absolute Gasteiger partial charge is 0.451 e. The number of nitrogens with one attached hydrogen (secondary N) is 2. The number of para-hydroxylation sites is 1. The Morgan fingerprint density at radius 1 is 0.968 bits per heavy atom. The van der Waals surface area contributed by atoms with E-state index in [0.717, 1.165) is 11.1 Å². The van der Waals surface area contributed by atoms with Gasteiger partial charge in [-0.25, -0.2) is 14.6 Å². The molecule has 5 rings (SSSR count). The zero-order valence-corrected chi connectivity index (χ0v) is 16.6. The number of nitrogens with zero attached hydrogens (tertiary/aromatic N) is 4. The van der Waals surface area contributed by atoms with Crippen molar-refractivity contribution < 1.29 is 9.21 Å². The molecule has 152 valence electrons. The molecule has 0 aliphatic heterocycles. The van der Waals surface area contributed by atoms with E-state index in [9.17, 15) is 4.79 Å². The minimum atomic E-state index is -0.299. The average molecular weight is 410 g/mol. The topological polar surface area (TPSA) is 97.9 Å². The number of fused-ring (bicyclic) bond motifs is 1. The minimum Gasteiger partial charge on any atom is -0.451 e. The predicted octanol–water partition coefficient (Wildman–Crippen LogP) is 4.71. The lowest BCUT2D eigenvalue weighted by atomic mass is 10.2. The maximum atomic E-state index is 12.5. The van der Waals surface area contributed by atoms with E-state index in [1.165, 1.54) is 0 Å². The highest BCUT2D eigenvalue weighted by molar-refractivity contribution is 6.04. The van der Waals surface area contributed by atoms with Crippen molar-refractivity contribution in [2.45, 2.75) is 6.92 Å². The molecule has 0 bridgehead atoms. The van der Waals surface area contributed by atoms with Crippen molar-refractivity contribution in [3.05, 3.63) is 90.7 Å². The maximum absolute atomic E-state index is 12.5. The first-order valence-corrected chi connectivity index (χ1v) is 9.67. The molecule has 0 atom stereocenters. The lowest BCUT2D eigenvalue weighted by Gasteiger charge is -2.10. The van der Waals surface area contributed by atoms with Crippen LogP contribution in [0.1, 0.15) is 16.4 Å². The Kier molecular flexibility index (Phi) is 4.64. The molecule has 0 radical (unpaired) electrons. The van der Waals surface area contributed by atoms with E-state index in [1.807, 2.05) is 73.8 Å². The molecule has 0 aliphatic rings. The quantitative estimate of drug-likeness (QED) is 0.435. The van der Waals surface area contributed by atoms with Crippen LogP contribution in [0.5, 0.6) is 0 Å². The van der Waals surface area contributed by atoms with Crippen LogP contribution in [0.25, 0.3) is 16.8 Å². The molecule has 8 heteroatoms. The van der Waals surface area contributed by atoms with Crippen LogP contribution in [-0.2, 0) is 0 Å². The van der Waals surface area contributed by atoms with Gasteiger partial charge in [-0.2, -0.15) is 5.10 Å². The van der Waals surface area contributed by atoms with Crippen LogP contribution in [0.3, 0.4) is 0 Å².